The highest BCUT2D eigenvalue weighted by atomic mass is 32.2. The monoisotopic (exact) mass is 523 g/mol. The molecule has 1 amide bonds. The molecule has 0 unspecified atom stereocenters. The number of nitrogens with zero attached hydrogens (tertiary/aromatic N) is 1. The average molecular weight is 524 g/mol. The predicted octanol–water partition coefficient (Wildman–Crippen LogP) is 3.79. The molecule has 0 bridgehead atoms. The molecule has 0 heterocycles. The van der Waals surface area contributed by atoms with Gasteiger partial charge in [-0.1, -0.05) is 17.7 Å². The highest BCUT2D eigenvalue weighted by molar-refractivity contribution is 7.92. The van der Waals surface area contributed by atoms with E-state index in [9.17, 15) is 30.4 Å². The molecule has 0 aromatic heterocycles. The third-order valence-corrected chi connectivity index (χ3v) is 7.48. The Morgan fingerprint density at radius 1 is 0.886 bits per heavy atom. The Balaban J connectivity index is 1.73. The van der Waals surface area contributed by atoms with Crippen molar-refractivity contribution in [2.45, 2.75) is 18.7 Å². The molecule has 0 radical (unpaired) electrons. The molecule has 0 aliphatic carbocycles. The van der Waals surface area contributed by atoms with Gasteiger partial charge >= 0.3 is 0 Å². The number of benzene rings is 3. The number of hydrogen-bond acceptors (Lipinski definition) is 5. The zero-order valence-electron chi connectivity index (χ0n) is 19.0. The first-order valence-corrected chi connectivity index (χ1v) is 13.5. The van der Waals surface area contributed by atoms with E-state index in [4.69, 9.17) is 0 Å². The zero-order chi connectivity index (χ0) is 26.0. The number of amides is 1. The Hall–Kier alpha value is -3.51. The number of sulfonamides is 2. The summed E-state index contributed by atoms with van der Waals surface area (Å²) in [5.41, 5.74) is 2.17. The van der Waals surface area contributed by atoms with Crippen LogP contribution in [0.5, 0.6) is 0 Å². The van der Waals surface area contributed by atoms with Crippen molar-refractivity contribution in [3.8, 4) is 0 Å². The van der Waals surface area contributed by atoms with E-state index in [2.05, 4.69) is 10.0 Å². The standard InChI is InChI=1S/C23H23F2N3O5S2/c1-15-4-11-22(16(2)12-15)27-35(32,33)19-8-5-17(6-9-19)26-23(29)14-28(34(3,30)31)18-7-10-20(24)21(25)13-18/h4-13,27H,14H2,1-3H3,(H,26,29). The average Bonchev–Trinajstić information content (AvgIpc) is 2.76. The van der Waals surface area contributed by atoms with Crippen molar-refractivity contribution in [2.24, 2.45) is 0 Å². The van der Waals surface area contributed by atoms with Crippen LogP contribution in [0.25, 0.3) is 0 Å². The van der Waals surface area contributed by atoms with E-state index in [1.807, 2.05) is 13.0 Å². The Morgan fingerprint density at radius 2 is 1.54 bits per heavy atom. The minimum atomic E-state index is -4.00. The van der Waals surface area contributed by atoms with Crippen LogP contribution in [0.1, 0.15) is 11.1 Å². The molecular weight excluding hydrogens is 500 g/mol. The summed E-state index contributed by atoms with van der Waals surface area (Å²) >= 11 is 0. The second kappa shape index (κ2) is 10.0. The molecule has 12 heteroatoms. The van der Waals surface area contributed by atoms with Crippen molar-refractivity contribution in [1.29, 1.82) is 0 Å². The van der Waals surface area contributed by atoms with Crippen LogP contribution in [0, 0.1) is 25.5 Å². The number of anilines is 3. The fraction of sp³-hybridized carbons (Fsp3) is 0.174. The van der Waals surface area contributed by atoms with Crippen LogP contribution < -0.4 is 14.3 Å². The molecule has 0 aliphatic heterocycles. The first-order chi connectivity index (χ1) is 16.3. The van der Waals surface area contributed by atoms with Crippen LogP contribution in [0.2, 0.25) is 0 Å². The third-order valence-electron chi connectivity index (χ3n) is 4.95. The molecule has 3 aromatic rings. The first kappa shape index (κ1) is 26.1. The van der Waals surface area contributed by atoms with Crippen molar-refractivity contribution in [3.63, 3.8) is 0 Å². The Labute approximate surface area is 202 Å². The van der Waals surface area contributed by atoms with E-state index in [0.717, 1.165) is 29.5 Å². The van der Waals surface area contributed by atoms with E-state index in [0.29, 0.717) is 16.1 Å². The molecule has 0 saturated heterocycles. The van der Waals surface area contributed by atoms with Crippen molar-refractivity contribution in [1.82, 2.24) is 0 Å². The van der Waals surface area contributed by atoms with Gasteiger partial charge in [-0.25, -0.2) is 25.6 Å². The van der Waals surface area contributed by atoms with Crippen LogP contribution in [-0.4, -0.2) is 35.5 Å². The lowest BCUT2D eigenvalue weighted by molar-refractivity contribution is -0.114. The van der Waals surface area contributed by atoms with Gasteiger partial charge in [0.2, 0.25) is 15.9 Å². The van der Waals surface area contributed by atoms with Crippen molar-refractivity contribution >= 4 is 43.0 Å². The molecule has 2 N–H and O–H groups in total. The van der Waals surface area contributed by atoms with E-state index >= 15 is 0 Å². The molecule has 35 heavy (non-hydrogen) atoms. The lowest BCUT2D eigenvalue weighted by Crippen LogP contribution is -2.37. The van der Waals surface area contributed by atoms with Crippen LogP contribution in [0.4, 0.5) is 25.8 Å². The molecule has 186 valence electrons. The highest BCUT2D eigenvalue weighted by Gasteiger charge is 2.22. The Bertz CT molecular complexity index is 1480. The van der Waals surface area contributed by atoms with Crippen LogP contribution in [-0.2, 0) is 24.8 Å². The summed E-state index contributed by atoms with van der Waals surface area (Å²) in [6.45, 7) is 2.97. The molecule has 0 spiro atoms. The van der Waals surface area contributed by atoms with Crippen molar-refractivity contribution < 1.29 is 30.4 Å². The maximum Gasteiger partial charge on any atom is 0.261 e. The summed E-state index contributed by atoms with van der Waals surface area (Å²) < 4.78 is 79.6. The zero-order valence-corrected chi connectivity index (χ0v) is 20.7. The topological polar surface area (TPSA) is 113 Å². The van der Waals surface area contributed by atoms with Gasteiger partial charge in [-0.05, 0) is 61.9 Å². The van der Waals surface area contributed by atoms with E-state index in [1.54, 1.807) is 19.1 Å². The van der Waals surface area contributed by atoms with Gasteiger partial charge < -0.3 is 5.32 Å². The van der Waals surface area contributed by atoms with Crippen LogP contribution >= 0.6 is 0 Å². The lowest BCUT2D eigenvalue weighted by Gasteiger charge is -2.22. The van der Waals surface area contributed by atoms with Gasteiger partial charge in [0.05, 0.1) is 22.5 Å². The molecule has 0 aliphatic rings. The minimum absolute atomic E-state index is 0.0463. The quantitative estimate of drug-likeness (QED) is 0.467. The summed E-state index contributed by atoms with van der Waals surface area (Å²) in [6.07, 6.45) is 0.823. The molecule has 0 atom stereocenters. The largest absolute Gasteiger partial charge is 0.325 e. The molecule has 8 nitrogen and oxygen atoms in total. The normalized spacial score (nSPS) is 11.7. The van der Waals surface area contributed by atoms with Gasteiger partial charge in [0, 0.05) is 11.8 Å². The van der Waals surface area contributed by atoms with E-state index in [1.165, 1.54) is 24.3 Å². The smallest absolute Gasteiger partial charge is 0.261 e. The summed E-state index contributed by atoms with van der Waals surface area (Å²) in [5.74, 6) is -3.19. The number of carbonyl (C=O) groups excluding carboxylic acids is 1. The Morgan fingerprint density at radius 3 is 2.11 bits per heavy atom. The van der Waals surface area contributed by atoms with Crippen LogP contribution in [0.3, 0.4) is 0 Å². The first-order valence-electron chi connectivity index (χ1n) is 10.2. The number of halogens is 2. The van der Waals surface area contributed by atoms with Gasteiger partial charge in [0.1, 0.15) is 6.54 Å². The fourth-order valence-corrected chi connectivity index (χ4v) is 5.20. The van der Waals surface area contributed by atoms with E-state index < -0.39 is 44.1 Å². The van der Waals surface area contributed by atoms with Gasteiger partial charge in [-0.3, -0.25) is 13.8 Å². The molecular formula is C23H23F2N3O5S2. The number of nitrogens with one attached hydrogen (secondary N) is 2. The summed E-state index contributed by atoms with van der Waals surface area (Å²) in [4.78, 5) is 12.4. The Kier molecular flexibility index (Phi) is 7.46. The molecule has 3 rings (SSSR count). The molecule has 3 aromatic carbocycles. The maximum atomic E-state index is 13.6. The molecule has 0 fully saturated rings. The minimum Gasteiger partial charge on any atom is -0.325 e. The highest BCUT2D eigenvalue weighted by Crippen LogP contribution is 2.23. The van der Waals surface area contributed by atoms with Gasteiger partial charge in [-0.15, -0.1) is 0 Å². The van der Waals surface area contributed by atoms with Gasteiger partial charge in [0.25, 0.3) is 10.0 Å². The molecule has 0 saturated carbocycles. The maximum absolute atomic E-state index is 13.6. The lowest BCUT2D eigenvalue weighted by atomic mass is 10.1. The summed E-state index contributed by atoms with van der Waals surface area (Å²) in [6, 6.07) is 13.0. The van der Waals surface area contributed by atoms with Gasteiger partial charge in [-0.2, -0.15) is 0 Å². The number of carbonyl (C=O) groups is 1. The van der Waals surface area contributed by atoms with Crippen molar-refractivity contribution in [2.75, 3.05) is 27.1 Å². The van der Waals surface area contributed by atoms with E-state index in [-0.39, 0.29) is 16.3 Å². The summed E-state index contributed by atoms with van der Waals surface area (Å²) in [5, 5.41) is 2.46. The second-order valence-electron chi connectivity index (χ2n) is 7.86. The fourth-order valence-electron chi connectivity index (χ4n) is 3.22. The van der Waals surface area contributed by atoms with Gasteiger partial charge in [0.15, 0.2) is 11.6 Å². The second-order valence-corrected chi connectivity index (χ2v) is 11.5. The van der Waals surface area contributed by atoms with Crippen molar-refractivity contribution in [3.05, 3.63) is 83.4 Å². The SMILES string of the molecule is Cc1ccc(NS(=O)(=O)c2ccc(NC(=O)CN(c3ccc(F)c(F)c3)S(C)(=O)=O)cc2)c(C)c1. The van der Waals surface area contributed by atoms with Crippen LogP contribution in [0.15, 0.2) is 65.6 Å². The number of aryl methyl sites for hydroxylation is 2. The number of rotatable bonds is 8. The summed E-state index contributed by atoms with van der Waals surface area (Å²) in [7, 11) is -7.89. The number of hydrogen-bond donors (Lipinski definition) is 2. The third kappa shape index (κ3) is 6.55. The predicted molar refractivity (Wildman–Crippen MR) is 130 cm³/mol.